The number of Topliss-reactive ketones (excluding diaryl/α,β-unsaturated/α-hetero) is 2. The van der Waals surface area contributed by atoms with Gasteiger partial charge in [0.1, 0.15) is 16.4 Å². The molecular weight excluding hydrogens is 504 g/mol. The highest BCUT2D eigenvalue weighted by Crippen LogP contribution is 2.49. The number of hydrogen-bond acceptors (Lipinski definition) is 7. The van der Waals surface area contributed by atoms with Crippen molar-refractivity contribution in [1.82, 2.24) is 0 Å². The number of ketones is 2. The predicted molar refractivity (Wildman–Crippen MR) is 141 cm³/mol. The molecular formula is C30H30O7S. The molecule has 1 aliphatic heterocycles. The summed E-state index contributed by atoms with van der Waals surface area (Å²) in [5, 5.41) is 0. The van der Waals surface area contributed by atoms with E-state index in [4.69, 9.17) is 13.7 Å². The molecule has 5 rings (SSSR count). The van der Waals surface area contributed by atoms with E-state index in [0.29, 0.717) is 72.3 Å². The van der Waals surface area contributed by atoms with Gasteiger partial charge in [0.25, 0.3) is 0 Å². The molecule has 2 aromatic carbocycles. The van der Waals surface area contributed by atoms with Gasteiger partial charge in [0.15, 0.2) is 23.1 Å². The van der Waals surface area contributed by atoms with Crippen molar-refractivity contribution < 1.29 is 31.7 Å². The predicted octanol–water partition coefficient (Wildman–Crippen LogP) is 5.71. The lowest BCUT2D eigenvalue weighted by molar-refractivity contribution is -0.117. The second-order valence-corrected chi connectivity index (χ2v) is 11.1. The fourth-order valence-corrected chi connectivity index (χ4v) is 6.41. The number of hydrogen-bond donors (Lipinski definition) is 0. The molecule has 0 radical (unpaired) electrons. The van der Waals surface area contributed by atoms with Gasteiger partial charge < -0.3 is 13.7 Å². The summed E-state index contributed by atoms with van der Waals surface area (Å²) < 4.78 is 44.0. The third-order valence-electron chi connectivity index (χ3n) is 7.02. The van der Waals surface area contributed by atoms with E-state index in [0.717, 1.165) is 0 Å². The zero-order chi connectivity index (χ0) is 26.9. The van der Waals surface area contributed by atoms with Crippen molar-refractivity contribution in [3.8, 4) is 11.5 Å². The first-order valence-electron chi connectivity index (χ1n) is 12.9. The molecule has 0 fully saturated rings. The van der Waals surface area contributed by atoms with Crippen LogP contribution in [0.4, 0.5) is 0 Å². The maximum absolute atomic E-state index is 13.2. The summed E-state index contributed by atoms with van der Waals surface area (Å²) in [6.07, 6.45) is 5.40. The highest BCUT2D eigenvalue weighted by atomic mass is 32.2. The fourth-order valence-electron chi connectivity index (χ4n) is 5.41. The maximum atomic E-state index is 13.2. The fraction of sp³-hybridized carbons (Fsp3) is 0.333. The average Bonchev–Trinajstić information content (AvgIpc) is 2.90. The van der Waals surface area contributed by atoms with E-state index < -0.39 is 16.0 Å². The maximum Gasteiger partial charge on any atom is 0.339 e. The Morgan fingerprint density at radius 2 is 1.61 bits per heavy atom. The van der Waals surface area contributed by atoms with Crippen LogP contribution in [0.2, 0.25) is 0 Å². The van der Waals surface area contributed by atoms with E-state index in [9.17, 15) is 18.0 Å². The molecule has 0 saturated carbocycles. The first-order valence-corrected chi connectivity index (χ1v) is 14.3. The molecule has 2 aromatic rings. The molecule has 1 heterocycles. The Balaban J connectivity index is 1.69. The van der Waals surface area contributed by atoms with Gasteiger partial charge >= 0.3 is 10.1 Å². The first-order chi connectivity index (χ1) is 18.3. The highest BCUT2D eigenvalue weighted by molar-refractivity contribution is 7.87. The number of benzene rings is 2. The lowest BCUT2D eigenvalue weighted by Crippen LogP contribution is -2.30. The summed E-state index contributed by atoms with van der Waals surface area (Å²) in [5.41, 5.74) is 2.23. The van der Waals surface area contributed by atoms with E-state index in [1.54, 1.807) is 43.3 Å². The number of carbonyl (C=O) groups is 2. The van der Waals surface area contributed by atoms with Crippen molar-refractivity contribution in [1.29, 1.82) is 0 Å². The van der Waals surface area contributed by atoms with Gasteiger partial charge in [-0.2, -0.15) is 8.42 Å². The topological polar surface area (TPSA) is 96.0 Å². The zero-order valence-corrected chi connectivity index (χ0v) is 22.1. The monoisotopic (exact) mass is 534 g/mol. The quantitative estimate of drug-likeness (QED) is 0.316. The molecule has 7 nitrogen and oxygen atoms in total. The van der Waals surface area contributed by atoms with Crippen molar-refractivity contribution in [2.45, 2.75) is 62.7 Å². The minimum absolute atomic E-state index is 0.0192. The Kier molecular flexibility index (Phi) is 7.25. The second kappa shape index (κ2) is 10.6. The minimum Gasteiger partial charge on any atom is -0.490 e. The summed E-state index contributed by atoms with van der Waals surface area (Å²) in [7, 11) is -4.15. The highest BCUT2D eigenvalue weighted by Gasteiger charge is 2.42. The van der Waals surface area contributed by atoms with E-state index >= 15 is 0 Å². The van der Waals surface area contributed by atoms with Crippen LogP contribution >= 0.6 is 0 Å². The van der Waals surface area contributed by atoms with Crippen molar-refractivity contribution in [2.24, 2.45) is 0 Å². The number of allylic oxidation sites excluding steroid dienone is 5. The summed E-state index contributed by atoms with van der Waals surface area (Å²) in [4.78, 5) is 26.4. The molecule has 8 heteroatoms. The third-order valence-corrected chi connectivity index (χ3v) is 8.25. The SMILES string of the molecule is C=CCc1cc(C2C3=C(CCCC3=O)OC3=C2C(=O)CCC3)cc(OCC)c1OS(=O)(=O)c1ccccc1. The smallest absolute Gasteiger partial charge is 0.339 e. The molecule has 0 unspecified atom stereocenters. The Morgan fingerprint density at radius 1 is 0.974 bits per heavy atom. The molecule has 3 aliphatic rings. The van der Waals surface area contributed by atoms with Crippen molar-refractivity contribution in [3.05, 3.63) is 88.9 Å². The first kappa shape index (κ1) is 26.0. The van der Waals surface area contributed by atoms with Gasteiger partial charge in [-0.25, -0.2) is 0 Å². The lowest BCUT2D eigenvalue weighted by Gasteiger charge is -2.36. The third kappa shape index (κ3) is 4.80. The van der Waals surface area contributed by atoms with Crippen LogP contribution in [-0.2, 0) is 30.9 Å². The minimum atomic E-state index is -4.15. The summed E-state index contributed by atoms with van der Waals surface area (Å²) in [5.74, 6) is 0.901. The Hall–Kier alpha value is -3.65. The van der Waals surface area contributed by atoms with Gasteiger partial charge in [-0.15, -0.1) is 6.58 Å². The van der Waals surface area contributed by atoms with Crippen LogP contribution in [0.25, 0.3) is 0 Å². The van der Waals surface area contributed by atoms with Crippen LogP contribution in [-0.4, -0.2) is 26.6 Å². The van der Waals surface area contributed by atoms with Crippen LogP contribution in [0, 0.1) is 0 Å². The van der Waals surface area contributed by atoms with Crippen LogP contribution in [0.5, 0.6) is 11.5 Å². The molecule has 2 aliphatic carbocycles. The molecule has 0 bridgehead atoms. The molecule has 0 saturated heterocycles. The van der Waals surface area contributed by atoms with Crippen LogP contribution in [0.1, 0.15) is 62.5 Å². The molecule has 0 aromatic heterocycles. The summed E-state index contributed by atoms with van der Waals surface area (Å²) in [6.45, 7) is 5.88. The standard InChI is InChI=1S/C30H30O7S/c1-3-10-19-17-20(18-26(35-4-2)30(19)37-38(33,34)21-11-6-5-7-12-21)27-28-22(31)13-8-15-24(28)36-25-16-9-14-23(32)29(25)27/h3,5-7,11-12,17-18,27H,1,4,8-10,13-16H2,2H3. The van der Waals surface area contributed by atoms with Gasteiger partial charge in [0.2, 0.25) is 0 Å². The van der Waals surface area contributed by atoms with Crippen LogP contribution in [0.15, 0.2) is 82.7 Å². The molecule has 198 valence electrons. The molecule has 0 N–H and O–H groups in total. The van der Waals surface area contributed by atoms with E-state index in [-0.39, 0.29) is 41.0 Å². The number of rotatable bonds is 8. The Bertz CT molecular complexity index is 1420. The average molecular weight is 535 g/mol. The van der Waals surface area contributed by atoms with Gasteiger partial charge in [-0.1, -0.05) is 30.3 Å². The Morgan fingerprint density at radius 3 is 2.18 bits per heavy atom. The van der Waals surface area contributed by atoms with Crippen molar-refractivity contribution in [3.63, 3.8) is 0 Å². The lowest BCUT2D eigenvalue weighted by atomic mass is 9.73. The molecule has 0 spiro atoms. The van der Waals surface area contributed by atoms with Gasteiger partial charge in [0.05, 0.1) is 6.61 Å². The van der Waals surface area contributed by atoms with Gasteiger partial charge in [0, 0.05) is 48.3 Å². The molecule has 0 atom stereocenters. The number of carbonyl (C=O) groups excluding carboxylic acids is 2. The summed E-state index contributed by atoms with van der Waals surface area (Å²) >= 11 is 0. The number of ether oxygens (including phenoxy) is 2. The molecule has 38 heavy (non-hydrogen) atoms. The van der Waals surface area contributed by atoms with Gasteiger partial charge in [-0.05, 0) is 49.9 Å². The van der Waals surface area contributed by atoms with Crippen molar-refractivity contribution in [2.75, 3.05) is 6.61 Å². The van der Waals surface area contributed by atoms with E-state index in [2.05, 4.69) is 6.58 Å². The van der Waals surface area contributed by atoms with E-state index in [1.807, 2.05) is 0 Å². The Labute approximate surface area is 222 Å². The largest absolute Gasteiger partial charge is 0.490 e. The zero-order valence-electron chi connectivity index (χ0n) is 21.3. The normalized spacial score (nSPS) is 18.0. The summed E-state index contributed by atoms with van der Waals surface area (Å²) in [6, 6.07) is 11.4. The van der Waals surface area contributed by atoms with Crippen LogP contribution in [0.3, 0.4) is 0 Å². The van der Waals surface area contributed by atoms with E-state index in [1.165, 1.54) is 12.1 Å². The van der Waals surface area contributed by atoms with Gasteiger partial charge in [-0.3, -0.25) is 9.59 Å². The molecule has 0 amide bonds. The second-order valence-electron chi connectivity index (χ2n) is 9.55. The van der Waals surface area contributed by atoms with Crippen LogP contribution < -0.4 is 8.92 Å². The van der Waals surface area contributed by atoms with Crippen molar-refractivity contribution >= 4 is 21.7 Å².